The van der Waals surface area contributed by atoms with Crippen molar-refractivity contribution < 1.29 is 23.8 Å². The third-order valence-electron chi connectivity index (χ3n) is 5.71. The molecule has 0 aliphatic heterocycles. The topological polar surface area (TPSA) is 66.8 Å². The molecule has 1 amide bonds. The summed E-state index contributed by atoms with van der Waals surface area (Å²) in [5, 5.41) is 9.84. The monoisotopic (exact) mass is 497 g/mol. The highest BCUT2D eigenvalue weighted by Gasteiger charge is 2.35. The van der Waals surface area contributed by atoms with Crippen LogP contribution in [0.25, 0.3) is 11.1 Å². The molecule has 0 saturated heterocycles. The van der Waals surface area contributed by atoms with E-state index in [0.29, 0.717) is 4.47 Å². The fourth-order valence-corrected chi connectivity index (χ4v) is 4.72. The molecule has 32 heavy (non-hydrogen) atoms. The summed E-state index contributed by atoms with van der Waals surface area (Å²) in [4.78, 5) is 26.2. The lowest BCUT2D eigenvalue weighted by Crippen LogP contribution is -2.40. The molecule has 1 N–H and O–H groups in total. The molecule has 1 aliphatic rings. The molecule has 0 fully saturated rings. The van der Waals surface area contributed by atoms with Crippen molar-refractivity contribution in [2.45, 2.75) is 18.9 Å². The number of ether oxygens (including phenoxy) is 1. The lowest BCUT2D eigenvalue weighted by atomic mass is 9.98. The predicted octanol–water partition coefficient (Wildman–Crippen LogP) is 5.98. The van der Waals surface area contributed by atoms with Crippen LogP contribution < -0.4 is 0 Å². The molecular formula is C25H21BrFNO4. The second-order valence-electron chi connectivity index (χ2n) is 7.50. The zero-order valence-corrected chi connectivity index (χ0v) is 18.9. The van der Waals surface area contributed by atoms with Gasteiger partial charge in [-0.05, 0) is 47.4 Å². The van der Waals surface area contributed by atoms with Crippen LogP contribution in [-0.2, 0) is 9.53 Å². The SMILES string of the molecule is CCN(C(=O)OCC1c2ccccc2-c2ccccc21)C(C(=O)O)c1cc(F)ccc1Br. The molecular weight excluding hydrogens is 477 g/mol. The number of hydrogen-bond donors (Lipinski definition) is 1. The second kappa shape index (κ2) is 9.12. The zero-order valence-electron chi connectivity index (χ0n) is 17.3. The lowest BCUT2D eigenvalue weighted by Gasteiger charge is -2.28. The number of carboxylic acids is 1. The van der Waals surface area contributed by atoms with Gasteiger partial charge in [-0.2, -0.15) is 0 Å². The zero-order chi connectivity index (χ0) is 22.8. The van der Waals surface area contributed by atoms with Crippen molar-refractivity contribution in [2.75, 3.05) is 13.2 Å². The summed E-state index contributed by atoms with van der Waals surface area (Å²) in [6.07, 6.45) is -0.766. The predicted molar refractivity (Wildman–Crippen MR) is 122 cm³/mol. The molecule has 164 valence electrons. The van der Waals surface area contributed by atoms with Gasteiger partial charge in [-0.25, -0.2) is 14.0 Å². The molecule has 7 heteroatoms. The number of hydrogen-bond acceptors (Lipinski definition) is 3. The first-order valence-corrected chi connectivity index (χ1v) is 11.0. The summed E-state index contributed by atoms with van der Waals surface area (Å²) in [5.41, 5.74) is 4.47. The van der Waals surface area contributed by atoms with Crippen LogP contribution in [0.4, 0.5) is 9.18 Å². The Morgan fingerprint density at radius 1 is 1.06 bits per heavy atom. The van der Waals surface area contributed by atoms with Crippen molar-refractivity contribution in [1.29, 1.82) is 0 Å². The van der Waals surface area contributed by atoms with Gasteiger partial charge in [0.25, 0.3) is 0 Å². The highest BCUT2D eigenvalue weighted by Crippen LogP contribution is 2.44. The minimum atomic E-state index is -1.39. The Bertz CT molecular complexity index is 1140. The number of halogens is 2. The van der Waals surface area contributed by atoms with Crippen molar-refractivity contribution in [2.24, 2.45) is 0 Å². The molecule has 1 aliphatic carbocycles. The number of amides is 1. The first-order chi connectivity index (χ1) is 15.4. The van der Waals surface area contributed by atoms with E-state index in [4.69, 9.17) is 4.74 Å². The smallest absolute Gasteiger partial charge is 0.410 e. The Labute approximate surface area is 193 Å². The Kier molecular flexibility index (Phi) is 6.28. The number of carboxylic acid groups (broad SMARTS) is 1. The number of carbonyl (C=O) groups is 2. The number of nitrogens with zero attached hydrogens (tertiary/aromatic N) is 1. The van der Waals surface area contributed by atoms with Crippen LogP contribution in [0.15, 0.2) is 71.2 Å². The molecule has 5 nitrogen and oxygen atoms in total. The van der Waals surface area contributed by atoms with E-state index < -0.39 is 23.9 Å². The quantitative estimate of drug-likeness (QED) is 0.454. The average Bonchev–Trinajstić information content (AvgIpc) is 3.11. The largest absolute Gasteiger partial charge is 0.479 e. The first kappa shape index (κ1) is 22.0. The van der Waals surface area contributed by atoms with Crippen LogP contribution >= 0.6 is 15.9 Å². The minimum absolute atomic E-state index is 0.0695. The Hall–Kier alpha value is -3.19. The third kappa shape index (κ3) is 4.00. The number of aliphatic carboxylic acids is 1. The minimum Gasteiger partial charge on any atom is -0.479 e. The summed E-state index contributed by atoms with van der Waals surface area (Å²) in [6.45, 7) is 1.81. The van der Waals surface area contributed by atoms with Crippen LogP contribution in [-0.4, -0.2) is 35.2 Å². The lowest BCUT2D eigenvalue weighted by molar-refractivity contribution is -0.143. The molecule has 0 aromatic heterocycles. The molecule has 4 rings (SSSR count). The normalized spacial score (nSPS) is 13.2. The second-order valence-corrected chi connectivity index (χ2v) is 8.35. The molecule has 0 heterocycles. The summed E-state index contributed by atoms with van der Waals surface area (Å²) < 4.78 is 19.9. The number of benzene rings is 3. The number of carbonyl (C=O) groups excluding carboxylic acids is 1. The van der Waals surface area contributed by atoms with Gasteiger partial charge in [-0.1, -0.05) is 64.5 Å². The number of likely N-dealkylation sites (N-methyl/N-ethyl adjacent to an activating group) is 1. The summed E-state index contributed by atoms with van der Waals surface area (Å²) in [6, 6.07) is 18.3. The molecule has 0 spiro atoms. The van der Waals surface area contributed by atoms with Gasteiger partial charge in [-0.15, -0.1) is 0 Å². The van der Waals surface area contributed by atoms with Crippen molar-refractivity contribution in [3.63, 3.8) is 0 Å². The molecule has 0 bridgehead atoms. The van der Waals surface area contributed by atoms with Crippen LogP contribution in [0.1, 0.15) is 35.6 Å². The van der Waals surface area contributed by atoms with Gasteiger partial charge >= 0.3 is 12.1 Å². The number of rotatable bonds is 6. The standard InChI is InChI=1S/C25H21BrFNO4/c1-2-28(23(24(29)30)20-13-15(27)11-12-22(20)26)25(31)32-14-21-18-9-5-3-7-16(18)17-8-4-6-10-19(17)21/h3-13,21,23H,2,14H2,1H3,(H,29,30). The van der Waals surface area contributed by atoms with E-state index in [9.17, 15) is 19.1 Å². The van der Waals surface area contributed by atoms with Crippen molar-refractivity contribution >= 4 is 28.0 Å². The molecule has 3 aromatic carbocycles. The van der Waals surface area contributed by atoms with Crippen molar-refractivity contribution in [3.8, 4) is 11.1 Å². The molecule has 3 aromatic rings. The van der Waals surface area contributed by atoms with Crippen molar-refractivity contribution in [1.82, 2.24) is 4.90 Å². The van der Waals surface area contributed by atoms with Gasteiger partial charge in [0.1, 0.15) is 12.4 Å². The van der Waals surface area contributed by atoms with Gasteiger partial charge < -0.3 is 9.84 Å². The van der Waals surface area contributed by atoms with Crippen LogP contribution in [0.3, 0.4) is 0 Å². The molecule has 1 atom stereocenters. The Morgan fingerprint density at radius 2 is 1.66 bits per heavy atom. The van der Waals surface area contributed by atoms with E-state index in [1.807, 2.05) is 48.5 Å². The van der Waals surface area contributed by atoms with E-state index in [-0.39, 0.29) is 24.6 Å². The Balaban J connectivity index is 1.59. The highest BCUT2D eigenvalue weighted by molar-refractivity contribution is 9.10. The Morgan fingerprint density at radius 3 is 2.22 bits per heavy atom. The number of fused-ring (bicyclic) bond motifs is 3. The van der Waals surface area contributed by atoms with E-state index in [2.05, 4.69) is 15.9 Å². The van der Waals surface area contributed by atoms with E-state index in [0.717, 1.165) is 33.2 Å². The van der Waals surface area contributed by atoms with Gasteiger partial charge in [0.15, 0.2) is 6.04 Å². The van der Waals surface area contributed by atoms with Crippen molar-refractivity contribution in [3.05, 3.63) is 93.7 Å². The average molecular weight is 498 g/mol. The van der Waals surface area contributed by atoms with E-state index in [1.165, 1.54) is 12.1 Å². The maximum absolute atomic E-state index is 13.8. The highest BCUT2D eigenvalue weighted by atomic mass is 79.9. The van der Waals surface area contributed by atoms with Gasteiger partial charge in [0.05, 0.1) is 0 Å². The maximum atomic E-state index is 13.8. The van der Waals surface area contributed by atoms with Crippen LogP contribution in [0, 0.1) is 5.82 Å². The fourth-order valence-electron chi connectivity index (χ4n) is 4.25. The first-order valence-electron chi connectivity index (χ1n) is 10.2. The molecule has 0 saturated carbocycles. The van der Waals surface area contributed by atoms with Gasteiger partial charge in [0, 0.05) is 22.5 Å². The van der Waals surface area contributed by atoms with E-state index >= 15 is 0 Å². The fraction of sp³-hybridized carbons (Fsp3) is 0.200. The third-order valence-corrected chi connectivity index (χ3v) is 6.43. The van der Waals surface area contributed by atoms with Crippen LogP contribution in [0.5, 0.6) is 0 Å². The summed E-state index contributed by atoms with van der Waals surface area (Å²) in [5.74, 6) is -2.00. The van der Waals surface area contributed by atoms with Gasteiger partial charge in [0.2, 0.25) is 0 Å². The van der Waals surface area contributed by atoms with Gasteiger partial charge in [-0.3, -0.25) is 4.90 Å². The van der Waals surface area contributed by atoms with Crippen LogP contribution in [0.2, 0.25) is 0 Å². The molecule has 0 radical (unpaired) electrons. The maximum Gasteiger partial charge on any atom is 0.410 e. The van der Waals surface area contributed by atoms with E-state index in [1.54, 1.807) is 6.92 Å². The summed E-state index contributed by atoms with van der Waals surface area (Å²) >= 11 is 3.27. The summed E-state index contributed by atoms with van der Waals surface area (Å²) in [7, 11) is 0. The molecule has 1 unspecified atom stereocenters.